The van der Waals surface area contributed by atoms with E-state index in [0.29, 0.717) is 16.8 Å². The number of ether oxygens (including phenoxy) is 1. The van der Waals surface area contributed by atoms with Gasteiger partial charge in [-0.15, -0.1) is 0 Å². The Morgan fingerprint density at radius 1 is 1.16 bits per heavy atom. The molecule has 0 aliphatic rings. The van der Waals surface area contributed by atoms with Gasteiger partial charge in [-0.05, 0) is 36.8 Å². The van der Waals surface area contributed by atoms with E-state index in [1.54, 1.807) is 60.1 Å². The number of aryl methyl sites for hydroxylation is 1. The van der Waals surface area contributed by atoms with Crippen molar-refractivity contribution in [2.75, 3.05) is 0 Å². The number of carbonyl (C=O) groups is 1. The van der Waals surface area contributed by atoms with Gasteiger partial charge in [0.2, 0.25) is 0 Å². The van der Waals surface area contributed by atoms with Crippen LogP contribution in [0.4, 0.5) is 8.78 Å². The Bertz CT molecular complexity index is 922. The zero-order chi connectivity index (χ0) is 18.0. The predicted octanol–water partition coefficient (Wildman–Crippen LogP) is 3.55. The van der Waals surface area contributed by atoms with Crippen molar-refractivity contribution < 1.29 is 18.3 Å². The summed E-state index contributed by atoms with van der Waals surface area (Å²) in [5.41, 5.74) is 8.03. The Balaban J connectivity index is 2.05. The number of alkyl halides is 2. The van der Waals surface area contributed by atoms with Crippen LogP contribution in [-0.4, -0.2) is 22.3 Å². The van der Waals surface area contributed by atoms with Gasteiger partial charge >= 0.3 is 6.61 Å². The Labute approximate surface area is 142 Å². The molecule has 0 bridgehead atoms. The average molecular weight is 343 g/mol. The van der Waals surface area contributed by atoms with E-state index in [1.807, 2.05) is 0 Å². The van der Waals surface area contributed by atoms with Gasteiger partial charge in [0.25, 0.3) is 5.91 Å². The molecule has 0 unspecified atom stereocenters. The maximum atomic E-state index is 12.6. The second-order valence-corrected chi connectivity index (χ2v) is 5.37. The zero-order valence-corrected chi connectivity index (χ0v) is 13.3. The van der Waals surface area contributed by atoms with Crippen molar-refractivity contribution in [3.63, 3.8) is 0 Å². The molecule has 3 aromatic rings. The van der Waals surface area contributed by atoms with Gasteiger partial charge in [-0.3, -0.25) is 4.79 Å². The Morgan fingerprint density at radius 3 is 2.60 bits per heavy atom. The molecule has 0 saturated heterocycles. The average Bonchev–Trinajstić information content (AvgIpc) is 2.97. The third-order valence-electron chi connectivity index (χ3n) is 3.64. The zero-order valence-electron chi connectivity index (χ0n) is 13.3. The van der Waals surface area contributed by atoms with Crippen LogP contribution in [0.2, 0.25) is 0 Å². The molecule has 0 atom stereocenters. The highest BCUT2D eigenvalue weighted by Gasteiger charge is 2.13. The minimum Gasteiger partial charge on any atom is -0.434 e. The van der Waals surface area contributed by atoms with Crippen molar-refractivity contribution in [2.45, 2.75) is 13.5 Å². The summed E-state index contributed by atoms with van der Waals surface area (Å²) < 4.78 is 31.4. The SMILES string of the molecule is Cc1cc(C(N)=O)nn1-c1cccc(-c2ccccc2OC(F)F)c1. The molecule has 1 aromatic heterocycles. The van der Waals surface area contributed by atoms with Crippen LogP contribution in [-0.2, 0) is 0 Å². The summed E-state index contributed by atoms with van der Waals surface area (Å²) in [6, 6.07) is 15.3. The normalized spacial score (nSPS) is 10.9. The van der Waals surface area contributed by atoms with Gasteiger partial charge in [-0.25, -0.2) is 4.68 Å². The van der Waals surface area contributed by atoms with E-state index in [2.05, 4.69) is 9.84 Å². The molecule has 0 fully saturated rings. The van der Waals surface area contributed by atoms with Crippen molar-refractivity contribution in [3.05, 3.63) is 66.0 Å². The van der Waals surface area contributed by atoms with Gasteiger partial charge < -0.3 is 10.5 Å². The number of hydrogen-bond acceptors (Lipinski definition) is 3. The molecular weight excluding hydrogens is 328 g/mol. The Hall–Kier alpha value is -3.22. The lowest BCUT2D eigenvalue weighted by Crippen LogP contribution is -2.12. The molecule has 128 valence electrons. The van der Waals surface area contributed by atoms with Crippen molar-refractivity contribution >= 4 is 5.91 Å². The number of para-hydroxylation sites is 1. The highest BCUT2D eigenvalue weighted by atomic mass is 19.3. The fourth-order valence-corrected chi connectivity index (χ4v) is 2.57. The standard InChI is InChI=1S/C18H15F2N3O2/c1-11-9-15(17(21)24)22-23(11)13-6-4-5-12(10-13)14-7-2-3-8-16(14)25-18(19)20/h2-10,18H,1H3,(H2,21,24). The molecule has 0 radical (unpaired) electrons. The van der Waals surface area contributed by atoms with E-state index in [0.717, 1.165) is 5.69 Å². The molecule has 7 heteroatoms. The van der Waals surface area contributed by atoms with Gasteiger partial charge in [0.1, 0.15) is 5.75 Å². The maximum Gasteiger partial charge on any atom is 0.387 e. The molecule has 1 amide bonds. The molecule has 0 spiro atoms. The van der Waals surface area contributed by atoms with E-state index in [4.69, 9.17) is 5.73 Å². The maximum absolute atomic E-state index is 12.6. The van der Waals surface area contributed by atoms with Crippen LogP contribution in [0, 0.1) is 6.92 Å². The van der Waals surface area contributed by atoms with Gasteiger partial charge in [-0.2, -0.15) is 13.9 Å². The number of benzene rings is 2. The van der Waals surface area contributed by atoms with Crippen molar-refractivity contribution in [2.24, 2.45) is 5.73 Å². The van der Waals surface area contributed by atoms with Gasteiger partial charge in [0.15, 0.2) is 5.69 Å². The van der Waals surface area contributed by atoms with E-state index in [1.165, 1.54) is 6.07 Å². The van der Waals surface area contributed by atoms with E-state index < -0.39 is 12.5 Å². The monoisotopic (exact) mass is 343 g/mol. The number of aromatic nitrogens is 2. The van der Waals surface area contributed by atoms with Crippen molar-refractivity contribution in [1.82, 2.24) is 9.78 Å². The van der Waals surface area contributed by atoms with Crippen LogP contribution in [0.15, 0.2) is 54.6 Å². The van der Waals surface area contributed by atoms with Crippen molar-refractivity contribution in [3.8, 4) is 22.6 Å². The van der Waals surface area contributed by atoms with Crippen LogP contribution in [0.5, 0.6) is 5.75 Å². The molecule has 2 aromatic carbocycles. The van der Waals surface area contributed by atoms with Crippen LogP contribution in [0.1, 0.15) is 16.2 Å². The molecular formula is C18H15F2N3O2. The summed E-state index contributed by atoms with van der Waals surface area (Å²) in [6.07, 6.45) is 0. The number of hydrogen-bond donors (Lipinski definition) is 1. The molecule has 2 N–H and O–H groups in total. The Kier molecular flexibility index (Phi) is 4.47. The smallest absolute Gasteiger partial charge is 0.387 e. The summed E-state index contributed by atoms with van der Waals surface area (Å²) in [6.45, 7) is -1.12. The third kappa shape index (κ3) is 3.50. The second-order valence-electron chi connectivity index (χ2n) is 5.37. The van der Waals surface area contributed by atoms with Gasteiger partial charge in [0.05, 0.1) is 5.69 Å². The fraction of sp³-hybridized carbons (Fsp3) is 0.111. The van der Waals surface area contributed by atoms with Gasteiger partial charge in [0, 0.05) is 11.3 Å². The first kappa shape index (κ1) is 16.6. The van der Waals surface area contributed by atoms with Crippen LogP contribution in [0.25, 0.3) is 16.8 Å². The highest BCUT2D eigenvalue weighted by molar-refractivity contribution is 5.90. The molecule has 0 saturated carbocycles. The summed E-state index contributed by atoms with van der Waals surface area (Å²) >= 11 is 0. The molecule has 25 heavy (non-hydrogen) atoms. The van der Waals surface area contributed by atoms with Crippen LogP contribution >= 0.6 is 0 Å². The minimum absolute atomic E-state index is 0.0877. The van der Waals surface area contributed by atoms with E-state index in [-0.39, 0.29) is 11.4 Å². The predicted molar refractivity (Wildman–Crippen MR) is 88.9 cm³/mol. The quantitative estimate of drug-likeness (QED) is 0.770. The largest absolute Gasteiger partial charge is 0.434 e. The fourth-order valence-electron chi connectivity index (χ4n) is 2.57. The second kappa shape index (κ2) is 6.72. The van der Waals surface area contributed by atoms with Crippen molar-refractivity contribution in [1.29, 1.82) is 0 Å². The number of nitrogens with zero attached hydrogens (tertiary/aromatic N) is 2. The third-order valence-corrected chi connectivity index (χ3v) is 3.64. The van der Waals surface area contributed by atoms with E-state index >= 15 is 0 Å². The number of carbonyl (C=O) groups excluding carboxylic acids is 1. The first-order chi connectivity index (χ1) is 12.0. The topological polar surface area (TPSA) is 70.1 Å². The number of halogens is 2. The lowest BCUT2D eigenvalue weighted by molar-refractivity contribution is -0.0494. The summed E-state index contributed by atoms with van der Waals surface area (Å²) in [5, 5.41) is 4.18. The molecule has 3 rings (SSSR count). The lowest BCUT2D eigenvalue weighted by atomic mass is 10.0. The van der Waals surface area contributed by atoms with E-state index in [9.17, 15) is 13.6 Å². The molecule has 0 aliphatic carbocycles. The first-order valence-corrected chi connectivity index (χ1v) is 7.47. The number of rotatable bonds is 5. The number of amides is 1. The van der Waals surface area contributed by atoms with Crippen LogP contribution < -0.4 is 10.5 Å². The molecule has 0 aliphatic heterocycles. The summed E-state index contributed by atoms with van der Waals surface area (Å²) in [7, 11) is 0. The highest BCUT2D eigenvalue weighted by Crippen LogP contribution is 2.32. The summed E-state index contributed by atoms with van der Waals surface area (Å²) in [5.74, 6) is -0.529. The molecule has 1 heterocycles. The Morgan fingerprint density at radius 2 is 1.92 bits per heavy atom. The number of nitrogens with two attached hydrogens (primary N) is 1. The first-order valence-electron chi connectivity index (χ1n) is 7.47. The van der Waals surface area contributed by atoms with Crippen LogP contribution in [0.3, 0.4) is 0 Å². The molecule has 5 nitrogen and oxygen atoms in total. The number of primary amides is 1. The summed E-state index contributed by atoms with van der Waals surface area (Å²) in [4.78, 5) is 11.3. The lowest BCUT2D eigenvalue weighted by Gasteiger charge is -2.12. The minimum atomic E-state index is -2.91. The van der Waals surface area contributed by atoms with Gasteiger partial charge in [-0.1, -0.05) is 30.3 Å².